The van der Waals surface area contributed by atoms with Gasteiger partial charge in [0.05, 0.1) is 11.4 Å². The van der Waals surface area contributed by atoms with Crippen molar-refractivity contribution in [3.63, 3.8) is 0 Å². The molecular weight excluding hydrogens is 372 g/mol. The lowest BCUT2D eigenvalue weighted by Gasteiger charge is -2.31. The number of likely N-dealkylation sites (tertiary alicyclic amines) is 1. The number of hydrogen-bond acceptors (Lipinski definition) is 5. The molecule has 1 aromatic carbocycles. The first-order valence-electron chi connectivity index (χ1n) is 11.1. The third-order valence-electron chi connectivity index (χ3n) is 6.02. The van der Waals surface area contributed by atoms with E-state index in [-0.39, 0.29) is 0 Å². The zero-order valence-corrected chi connectivity index (χ0v) is 18.7. The van der Waals surface area contributed by atoms with Gasteiger partial charge in [-0.15, -0.1) is 0 Å². The molecule has 6 heteroatoms. The van der Waals surface area contributed by atoms with Gasteiger partial charge in [-0.2, -0.15) is 9.97 Å². The first kappa shape index (κ1) is 20.7. The average molecular weight is 407 g/mol. The van der Waals surface area contributed by atoms with Crippen molar-refractivity contribution in [2.45, 2.75) is 45.6 Å². The minimum atomic E-state index is 0.330. The SMILES string of the molecule is Cc1ccc(C(CNc2nc(N(C)C)nc3[nH]c(C)cc23)N2CCCCCC2)cc1. The Labute approximate surface area is 179 Å². The van der Waals surface area contributed by atoms with E-state index in [2.05, 4.69) is 64.4 Å². The largest absolute Gasteiger partial charge is 0.367 e. The number of hydrogen-bond donors (Lipinski definition) is 2. The number of aryl methyl sites for hydroxylation is 2. The van der Waals surface area contributed by atoms with E-state index in [4.69, 9.17) is 4.98 Å². The predicted octanol–water partition coefficient (Wildman–Crippen LogP) is 4.67. The average Bonchev–Trinajstić information content (AvgIpc) is 2.92. The van der Waals surface area contributed by atoms with E-state index in [0.29, 0.717) is 12.0 Å². The van der Waals surface area contributed by atoms with Crippen LogP contribution in [0.1, 0.15) is 48.5 Å². The Kier molecular flexibility index (Phi) is 6.23. The lowest BCUT2D eigenvalue weighted by molar-refractivity contribution is 0.213. The molecule has 1 saturated heterocycles. The lowest BCUT2D eigenvalue weighted by atomic mass is 10.0. The number of aromatic amines is 1. The van der Waals surface area contributed by atoms with Crippen molar-refractivity contribution in [1.82, 2.24) is 19.9 Å². The van der Waals surface area contributed by atoms with Gasteiger partial charge in [0, 0.05) is 26.3 Å². The van der Waals surface area contributed by atoms with Crippen LogP contribution in [0.2, 0.25) is 0 Å². The van der Waals surface area contributed by atoms with Crippen LogP contribution in [-0.2, 0) is 0 Å². The Morgan fingerprint density at radius 1 is 1.03 bits per heavy atom. The molecule has 0 aliphatic carbocycles. The minimum Gasteiger partial charge on any atom is -0.367 e. The van der Waals surface area contributed by atoms with Crippen molar-refractivity contribution in [3.8, 4) is 0 Å². The van der Waals surface area contributed by atoms with Crippen LogP contribution in [0, 0.1) is 13.8 Å². The van der Waals surface area contributed by atoms with E-state index in [9.17, 15) is 0 Å². The fourth-order valence-electron chi connectivity index (χ4n) is 4.31. The van der Waals surface area contributed by atoms with Gasteiger partial charge in [-0.1, -0.05) is 42.7 Å². The highest BCUT2D eigenvalue weighted by molar-refractivity contribution is 5.89. The van der Waals surface area contributed by atoms with Crippen molar-refractivity contribution in [2.75, 3.05) is 43.9 Å². The Morgan fingerprint density at radius 3 is 2.40 bits per heavy atom. The summed E-state index contributed by atoms with van der Waals surface area (Å²) < 4.78 is 0. The molecule has 160 valence electrons. The number of rotatable bonds is 6. The number of aromatic nitrogens is 3. The number of fused-ring (bicyclic) bond motifs is 1. The van der Waals surface area contributed by atoms with Crippen LogP contribution < -0.4 is 10.2 Å². The molecule has 6 nitrogen and oxygen atoms in total. The third kappa shape index (κ3) is 4.59. The molecule has 1 aliphatic rings. The van der Waals surface area contributed by atoms with Crippen LogP contribution in [0.25, 0.3) is 11.0 Å². The van der Waals surface area contributed by atoms with E-state index >= 15 is 0 Å². The molecule has 2 N–H and O–H groups in total. The maximum atomic E-state index is 4.82. The van der Waals surface area contributed by atoms with Gasteiger partial charge in [0.15, 0.2) is 0 Å². The molecule has 0 spiro atoms. The van der Waals surface area contributed by atoms with Crippen LogP contribution in [0.5, 0.6) is 0 Å². The summed E-state index contributed by atoms with van der Waals surface area (Å²) in [7, 11) is 3.96. The Bertz CT molecular complexity index is 967. The van der Waals surface area contributed by atoms with Gasteiger partial charge in [-0.05, 0) is 51.4 Å². The molecule has 2 aromatic heterocycles. The molecule has 0 saturated carbocycles. The molecule has 1 aliphatic heterocycles. The highest BCUT2D eigenvalue weighted by atomic mass is 15.2. The fraction of sp³-hybridized carbons (Fsp3) is 0.500. The van der Waals surface area contributed by atoms with Crippen LogP contribution in [0.3, 0.4) is 0 Å². The number of nitrogens with one attached hydrogen (secondary N) is 2. The molecule has 1 atom stereocenters. The highest BCUT2D eigenvalue weighted by Gasteiger charge is 2.22. The molecule has 1 fully saturated rings. The first-order valence-corrected chi connectivity index (χ1v) is 11.1. The van der Waals surface area contributed by atoms with Crippen LogP contribution in [0.15, 0.2) is 30.3 Å². The van der Waals surface area contributed by atoms with E-state index in [1.165, 1.54) is 36.8 Å². The van der Waals surface area contributed by atoms with Gasteiger partial charge in [0.1, 0.15) is 11.5 Å². The van der Waals surface area contributed by atoms with Crippen molar-refractivity contribution in [3.05, 3.63) is 47.2 Å². The molecule has 3 aromatic rings. The topological polar surface area (TPSA) is 60.1 Å². The van der Waals surface area contributed by atoms with E-state index in [1.54, 1.807) is 0 Å². The van der Waals surface area contributed by atoms with Gasteiger partial charge in [0.25, 0.3) is 0 Å². The van der Waals surface area contributed by atoms with Gasteiger partial charge in [0.2, 0.25) is 5.95 Å². The Morgan fingerprint density at radius 2 is 1.73 bits per heavy atom. The van der Waals surface area contributed by atoms with E-state index < -0.39 is 0 Å². The summed E-state index contributed by atoms with van der Waals surface area (Å²) in [6, 6.07) is 11.5. The first-order chi connectivity index (χ1) is 14.5. The number of anilines is 2. The second-order valence-electron chi connectivity index (χ2n) is 8.74. The van der Waals surface area contributed by atoms with Crippen molar-refractivity contribution in [2.24, 2.45) is 0 Å². The predicted molar refractivity (Wildman–Crippen MR) is 125 cm³/mol. The summed E-state index contributed by atoms with van der Waals surface area (Å²) in [6.07, 6.45) is 5.24. The second kappa shape index (κ2) is 9.04. The third-order valence-corrected chi connectivity index (χ3v) is 6.02. The summed E-state index contributed by atoms with van der Waals surface area (Å²) in [5.74, 6) is 1.62. The Balaban J connectivity index is 1.64. The maximum Gasteiger partial charge on any atom is 0.228 e. The zero-order valence-electron chi connectivity index (χ0n) is 18.7. The standard InChI is InChI=1S/C24H34N6/c1-17-9-11-19(12-10-17)21(30-13-7-5-6-8-14-30)16-25-22-20-15-18(2)26-23(20)28-24(27-22)29(3)4/h9-12,15,21H,5-8,13-14,16H2,1-4H3,(H2,25,26,27,28). The zero-order chi connectivity index (χ0) is 21.1. The quantitative estimate of drug-likeness (QED) is 0.623. The van der Waals surface area contributed by atoms with Crippen molar-refractivity contribution in [1.29, 1.82) is 0 Å². The smallest absolute Gasteiger partial charge is 0.228 e. The van der Waals surface area contributed by atoms with Crippen LogP contribution >= 0.6 is 0 Å². The lowest BCUT2D eigenvalue weighted by Crippen LogP contribution is -2.34. The summed E-state index contributed by atoms with van der Waals surface area (Å²) in [4.78, 5) is 17.5. The molecule has 1 unspecified atom stereocenters. The summed E-state index contributed by atoms with van der Waals surface area (Å²) in [6.45, 7) is 7.36. The molecule has 4 rings (SSSR count). The normalized spacial score (nSPS) is 16.4. The molecule has 0 bridgehead atoms. The second-order valence-corrected chi connectivity index (χ2v) is 8.74. The number of H-pyrrole nitrogens is 1. The molecule has 30 heavy (non-hydrogen) atoms. The van der Waals surface area contributed by atoms with Crippen molar-refractivity contribution < 1.29 is 0 Å². The fourth-order valence-corrected chi connectivity index (χ4v) is 4.31. The van der Waals surface area contributed by atoms with Gasteiger partial charge in [-0.3, -0.25) is 4.90 Å². The monoisotopic (exact) mass is 406 g/mol. The van der Waals surface area contributed by atoms with Gasteiger partial charge >= 0.3 is 0 Å². The highest BCUT2D eigenvalue weighted by Crippen LogP contribution is 2.28. The van der Waals surface area contributed by atoms with Crippen molar-refractivity contribution >= 4 is 22.8 Å². The molecule has 0 amide bonds. The Hall–Kier alpha value is -2.60. The minimum absolute atomic E-state index is 0.330. The van der Waals surface area contributed by atoms with Crippen LogP contribution in [-0.4, -0.2) is 53.6 Å². The van der Waals surface area contributed by atoms with Crippen LogP contribution in [0.4, 0.5) is 11.8 Å². The van der Waals surface area contributed by atoms with E-state index in [1.807, 2.05) is 19.0 Å². The summed E-state index contributed by atoms with van der Waals surface area (Å²) in [5.41, 5.74) is 4.66. The molecular formula is C24H34N6. The maximum absolute atomic E-state index is 4.82. The number of nitrogens with zero attached hydrogens (tertiary/aromatic N) is 4. The molecule has 3 heterocycles. The number of benzene rings is 1. The summed E-state index contributed by atoms with van der Waals surface area (Å²) >= 11 is 0. The van der Waals surface area contributed by atoms with E-state index in [0.717, 1.165) is 42.2 Å². The van der Waals surface area contributed by atoms with Gasteiger partial charge in [-0.25, -0.2) is 0 Å². The van der Waals surface area contributed by atoms with Gasteiger partial charge < -0.3 is 15.2 Å². The summed E-state index contributed by atoms with van der Waals surface area (Å²) in [5, 5.41) is 4.74. The molecule has 0 radical (unpaired) electrons.